The lowest BCUT2D eigenvalue weighted by Crippen LogP contribution is -2.35. The number of rotatable bonds is 3. The number of hydrogen-bond donors (Lipinski definition) is 1. The molecule has 18 heavy (non-hydrogen) atoms. The molecule has 2 N–H and O–H groups in total. The van der Waals surface area contributed by atoms with E-state index < -0.39 is 0 Å². The molecule has 1 aliphatic rings. The van der Waals surface area contributed by atoms with Crippen molar-refractivity contribution < 1.29 is 0 Å². The summed E-state index contributed by atoms with van der Waals surface area (Å²) >= 11 is 3.60. The third-order valence-electron chi connectivity index (χ3n) is 3.68. The van der Waals surface area contributed by atoms with E-state index in [4.69, 9.17) is 5.73 Å². The van der Waals surface area contributed by atoms with Gasteiger partial charge in [-0.2, -0.15) is 0 Å². The van der Waals surface area contributed by atoms with Gasteiger partial charge in [0.15, 0.2) is 0 Å². The normalized spacial score (nSPS) is 17.5. The van der Waals surface area contributed by atoms with Crippen LogP contribution in [-0.2, 0) is 6.54 Å². The van der Waals surface area contributed by atoms with Crippen LogP contribution in [0.15, 0.2) is 22.7 Å². The van der Waals surface area contributed by atoms with Gasteiger partial charge in [0, 0.05) is 11.0 Å². The molecule has 1 aromatic rings. The number of halogens is 2. The Morgan fingerprint density at radius 3 is 2.56 bits per heavy atom. The Balaban J connectivity index is 0.00000162. The van der Waals surface area contributed by atoms with Crippen molar-refractivity contribution in [3.8, 4) is 0 Å². The van der Waals surface area contributed by atoms with E-state index in [1.54, 1.807) is 0 Å². The number of hydrogen-bond acceptors (Lipinski definition) is 2. The topological polar surface area (TPSA) is 29.3 Å². The van der Waals surface area contributed by atoms with Gasteiger partial charge in [-0.3, -0.25) is 4.90 Å². The van der Waals surface area contributed by atoms with Crippen LogP contribution in [0.1, 0.15) is 24.0 Å². The van der Waals surface area contributed by atoms with Crippen molar-refractivity contribution in [1.82, 2.24) is 4.90 Å². The second kappa shape index (κ2) is 7.49. The summed E-state index contributed by atoms with van der Waals surface area (Å²) in [5.41, 5.74) is 8.41. The van der Waals surface area contributed by atoms with E-state index in [1.807, 2.05) is 0 Å². The molecule has 1 aliphatic heterocycles. The van der Waals surface area contributed by atoms with Gasteiger partial charge in [-0.1, -0.05) is 28.1 Å². The highest BCUT2D eigenvalue weighted by Gasteiger charge is 2.17. The Morgan fingerprint density at radius 2 is 2.00 bits per heavy atom. The first-order chi connectivity index (χ1) is 8.19. The molecule has 0 spiro atoms. The third-order valence-corrected chi connectivity index (χ3v) is 4.54. The summed E-state index contributed by atoms with van der Waals surface area (Å²) in [5.74, 6) is 0.746. The number of aryl methyl sites for hydroxylation is 1. The number of piperidine rings is 1. The minimum Gasteiger partial charge on any atom is -0.330 e. The van der Waals surface area contributed by atoms with E-state index in [1.165, 1.54) is 41.5 Å². The largest absolute Gasteiger partial charge is 0.330 e. The molecule has 1 aromatic carbocycles. The van der Waals surface area contributed by atoms with Crippen LogP contribution in [0.5, 0.6) is 0 Å². The average molecular weight is 334 g/mol. The van der Waals surface area contributed by atoms with Gasteiger partial charge in [0.2, 0.25) is 0 Å². The predicted octanol–water partition coefficient (Wildman–Crippen LogP) is 3.35. The maximum Gasteiger partial charge on any atom is 0.0234 e. The first-order valence-electron chi connectivity index (χ1n) is 6.36. The summed E-state index contributed by atoms with van der Waals surface area (Å²) in [7, 11) is 0. The second-order valence-corrected chi connectivity index (χ2v) is 5.89. The molecule has 0 radical (unpaired) electrons. The van der Waals surface area contributed by atoms with Crippen LogP contribution in [0.3, 0.4) is 0 Å². The molecule has 0 aliphatic carbocycles. The lowest BCUT2D eigenvalue weighted by molar-refractivity contribution is 0.180. The fraction of sp³-hybridized carbons (Fsp3) is 0.571. The van der Waals surface area contributed by atoms with E-state index in [-0.39, 0.29) is 12.4 Å². The van der Waals surface area contributed by atoms with Gasteiger partial charge in [-0.15, -0.1) is 12.4 Å². The van der Waals surface area contributed by atoms with Crippen molar-refractivity contribution in [2.75, 3.05) is 19.6 Å². The molecule has 1 fully saturated rings. The van der Waals surface area contributed by atoms with Crippen molar-refractivity contribution in [3.63, 3.8) is 0 Å². The summed E-state index contributed by atoms with van der Waals surface area (Å²) in [6.45, 7) is 6.42. The second-order valence-electron chi connectivity index (χ2n) is 5.04. The van der Waals surface area contributed by atoms with Gasteiger partial charge in [-0.25, -0.2) is 0 Å². The van der Waals surface area contributed by atoms with Crippen LogP contribution in [0.2, 0.25) is 0 Å². The Hall–Kier alpha value is -0.0900. The molecular weight excluding hydrogens is 312 g/mol. The molecule has 1 saturated heterocycles. The zero-order valence-corrected chi connectivity index (χ0v) is 13.3. The van der Waals surface area contributed by atoms with Gasteiger partial charge in [0.1, 0.15) is 0 Å². The minimum atomic E-state index is 0. The Labute approximate surface area is 124 Å². The lowest BCUT2D eigenvalue weighted by atomic mass is 9.97. The van der Waals surface area contributed by atoms with Gasteiger partial charge < -0.3 is 5.73 Å². The fourth-order valence-electron chi connectivity index (χ4n) is 2.37. The highest BCUT2D eigenvalue weighted by atomic mass is 79.9. The van der Waals surface area contributed by atoms with Gasteiger partial charge in [0.05, 0.1) is 0 Å². The molecule has 1 heterocycles. The summed E-state index contributed by atoms with van der Waals surface area (Å²) in [4.78, 5) is 2.53. The molecule has 0 unspecified atom stereocenters. The third kappa shape index (κ3) is 4.23. The molecule has 0 saturated carbocycles. The molecule has 0 amide bonds. The quantitative estimate of drug-likeness (QED) is 0.919. The highest BCUT2D eigenvalue weighted by molar-refractivity contribution is 9.10. The first kappa shape index (κ1) is 16.0. The minimum absolute atomic E-state index is 0. The molecule has 2 nitrogen and oxygen atoms in total. The molecule has 4 heteroatoms. The number of nitrogens with zero attached hydrogens (tertiary/aromatic N) is 1. The highest BCUT2D eigenvalue weighted by Crippen LogP contribution is 2.21. The fourth-order valence-corrected chi connectivity index (χ4v) is 2.80. The van der Waals surface area contributed by atoms with Gasteiger partial charge in [-0.05, 0) is 62.5 Å². The van der Waals surface area contributed by atoms with E-state index in [0.717, 1.165) is 19.0 Å². The van der Waals surface area contributed by atoms with Gasteiger partial charge >= 0.3 is 0 Å². The van der Waals surface area contributed by atoms with Crippen LogP contribution < -0.4 is 5.73 Å². The van der Waals surface area contributed by atoms with E-state index in [0.29, 0.717) is 0 Å². The molecule has 0 atom stereocenters. The monoisotopic (exact) mass is 332 g/mol. The van der Waals surface area contributed by atoms with E-state index in [2.05, 4.69) is 46.0 Å². The maximum absolute atomic E-state index is 5.71. The summed E-state index contributed by atoms with van der Waals surface area (Å²) in [6, 6.07) is 6.66. The van der Waals surface area contributed by atoms with Crippen molar-refractivity contribution in [2.45, 2.75) is 26.3 Å². The van der Waals surface area contributed by atoms with Gasteiger partial charge in [0.25, 0.3) is 0 Å². The number of nitrogens with two attached hydrogens (primary N) is 1. The lowest BCUT2D eigenvalue weighted by Gasteiger charge is -2.31. The van der Waals surface area contributed by atoms with Crippen molar-refractivity contribution in [3.05, 3.63) is 33.8 Å². The smallest absolute Gasteiger partial charge is 0.0234 e. The molecule has 2 rings (SSSR count). The summed E-state index contributed by atoms with van der Waals surface area (Å²) in [5, 5.41) is 0. The van der Waals surface area contributed by atoms with Crippen molar-refractivity contribution in [2.24, 2.45) is 11.7 Å². The van der Waals surface area contributed by atoms with E-state index in [9.17, 15) is 0 Å². The Morgan fingerprint density at radius 1 is 1.33 bits per heavy atom. The molecular formula is C14H22BrClN2. The number of benzene rings is 1. The molecule has 0 bridgehead atoms. The SMILES string of the molecule is Cc1ccc(CN2CCC(CN)CC2)cc1Br.Cl. The summed E-state index contributed by atoms with van der Waals surface area (Å²) < 4.78 is 1.21. The number of likely N-dealkylation sites (tertiary alicyclic amines) is 1. The van der Waals surface area contributed by atoms with Crippen LogP contribution in [0, 0.1) is 12.8 Å². The van der Waals surface area contributed by atoms with Crippen molar-refractivity contribution in [1.29, 1.82) is 0 Å². The standard InChI is InChI=1S/C14H21BrN2.ClH/c1-11-2-3-13(8-14(11)15)10-17-6-4-12(9-16)5-7-17;/h2-3,8,12H,4-7,9-10,16H2,1H3;1H. The first-order valence-corrected chi connectivity index (χ1v) is 7.16. The predicted molar refractivity (Wildman–Crippen MR) is 83.2 cm³/mol. The van der Waals surface area contributed by atoms with Crippen LogP contribution in [0.4, 0.5) is 0 Å². The van der Waals surface area contributed by atoms with Crippen LogP contribution in [0.25, 0.3) is 0 Å². The van der Waals surface area contributed by atoms with Crippen molar-refractivity contribution >= 4 is 28.3 Å². The Bertz CT molecular complexity index is 376. The molecule has 0 aromatic heterocycles. The zero-order chi connectivity index (χ0) is 12.3. The zero-order valence-electron chi connectivity index (χ0n) is 10.9. The Kier molecular flexibility index (Phi) is 6.64. The van der Waals surface area contributed by atoms with Crippen LogP contribution in [-0.4, -0.2) is 24.5 Å². The molecule has 102 valence electrons. The van der Waals surface area contributed by atoms with E-state index >= 15 is 0 Å². The van der Waals surface area contributed by atoms with Crippen LogP contribution >= 0.6 is 28.3 Å². The maximum atomic E-state index is 5.71. The average Bonchev–Trinajstić information content (AvgIpc) is 2.35. The summed E-state index contributed by atoms with van der Waals surface area (Å²) in [6.07, 6.45) is 2.51.